The van der Waals surface area contributed by atoms with Crippen molar-refractivity contribution in [3.05, 3.63) is 11.9 Å². The molecule has 0 saturated heterocycles. The number of aliphatic hydroxyl groups is 1. The van der Waals surface area contributed by atoms with Gasteiger partial charge in [0.15, 0.2) is 11.5 Å². The van der Waals surface area contributed by atoms with E-state index in [1.807, 2.05) is 6.92 Å². The Morgan fingerprint density at radius 2 is 1.78 bits per heavy atom. The molecule has 8 atom stereocenters. The molecule has 1 aromatic heterocycles. The Kier molecular flexibility index (Phi) is 5.08. The molecule has 0 aliphatic heterocycles. The number of carbonyl (C=O) groups is 2. The van der Waals surface area contributed by atoms with Crippen LogP contribution in [0.3, 0.4) is 0 Å². The van der Waals surface area contributed by atoms with Gasteiger partial charge in [0, 0.05) is 5.92 Å². The first kappa shape index (κ1) is 22.1. The third kappa shape index (κ3) is 3.34. The lowest BCUT2D eigenvalue weighted by molar-refractivity contribution is -0.151. The van der Waals surface area contributed by atoms with Crippen LogP contribution >= 0.6 is 0 Å². The third-order valence-electron chi connectivity index (χ3n) is 10.4. The zero-order valence-electron chi connectivity index (χ0n) is 19.6. The van der Waals surface area contributed by atoms with Crippen molar-refractivity contribution in [2.45, 2.75) is 90.7 Å². The number of aromatic nitrogens is 3. The molecule has 0 aromatic carbocycles. The van der Waals surface area contributed by atoms with Crippen molar-refractivity contribution in [1.82, 2.24) is 15.0 Å². The van der Waals surface area contributed by atoms with Crippen LogP contribution < -0.4 is 0 Å². The maximum atomic E-state index is 13.3. The highest BCUT2D eigenvalue weighted by molar-refractivity contribution is 5.85. The van der Waals surface area contributed by atoms with Gasteiger partial charge in [0.1, 0.15) is 6.54 Å². The quantitative estimate of drug-likeness (QED) is 0.730. The first-order valence-corrected chi connectivity index (χ1v) is 12.4. The molecule has 4 saturated carbocycles. The number of carboxylic acid groups (broad SMARTS) is 1. The van der Waals surface area contributed by atoms with Gasteiger partial charge in [-0.05, 0) is 99.2 Å². The standard InChI is InChI=1S/C25H37N3O4/c1-23(32)10-11-24(2)15(12-23)4-5-16-17-6-7-19(25(17,3)9-8-18(16)24)21(29)14-28-13-20(22(30)31)26-27-28/h13,15-19,32H,4-12,14H2,1-3H3,(H,30,31)/t15-,16-,17-,18-,19+,23+,24-,25-/m0/s1. The van der Waals surface area contributed by atoms with E-state index in [0.717, 1.165) is 38.5 Å². The van der Waals surface area contributed by atoms with Crippen LogP contribution in [0.15, 0.2) is 6.20 Å². The van der Waals surface area contributed by atoms with Gasteiger partial charge in [-0.15, -0.1) is 5.10 Å². The maximum Gasteiger partial charge on any atom is 0.358 e. The van der Waals surface area contributed by atoms with Gasteiger partial charge in [0.2, 0.25) is 0 Å². The van der Waals surface area contributed by atoms with Gasteiger partial charge in [-0.2, -0.15) is 0 Å². The van der Waals surface area contributed by atoms with E-state index in [-0.39, 0.29) is 29.4 Å². The van der Waals surface area contributed by atoms with Crippen LogP contribution in [-0.2, 0) is 11.3 Å². The van der Waals surface area contributed by atoms with Crippen molar-refractivity contribution in [3.8, 4) is 0 Å². The largest absolute Gasteiger partial charge is 0.476 e. The monoisotopic (exact) mass is 443 g/mol. The molecule has 0 bridgehead atoms. The molecule has 0 amide bonds. The van der Waals surface area contributed by atoms with Crippen LogP contribution in [0.1, 0.15) is 89.0 Å². The zero-order chi connectivity index (χ0) is 22.9. The average molecular weight is 444 g/mol. The van der Waals surface area contributed by atoms with Crippen molar-refractivity contribution in [1.29, 1.82) is 0 Å². The Morgan fingerprint density at radius 1 is 1.03 bits per heavy atom. The molecule has 1 heterocycles. The van der Waals surface area contributed by atoms with Crippen molar-refractivity contribution >= 4 is 11.8 Å². The van der Waals surface area contributed by atoms with E-state index in [1.165, 1.54) is 30.1 Å². The summed E-state index contributed by atoms with van der Waals surface area (Å²) in [5, 5.41) is 27.2. The molecule has 5 rings (SSSR count). The molecule has 1 aromatic rings. The number of Topliss-reactive ketones (excluding diaryl/α,β-unsaturated/α-hetero) is 1. The molecule has 0 unspecified atom stereocenters. The topological polar surface area (TPSA) is 105 Å². The summed E-state index contributed by atoms with van der Waals surface area (Å²) in [6.07, 6.45) is 11.1. The molecule has 2 N–H and O–H groups in total. The summed E-state index contributed by atoms with van der Waals surface area (Å²) in [6.45, 7) is 6.96. The molecular formula is C25H37N3O4. The number of nitrogens with zero attached hydrogens (tertiary/aromatic N) is 3. The molecule has 0 spiro atoms. The second-order valence-corrected chi connectivity index (χ2v) is 12.1. The Bertz CT molecular complexity index is 926. The van der Waals surface area contributed by atoms with Crippen LogP contribution in [-0.4, -0.2) is 42.6 Å². The van der Waals surface area contributed by atoms with Crippen LogP contribution in [0.2, 0.25) is 0 Å². The lowest BCUT2D eigenvalue weighted by Gasteiger charge is -2.61. The van der Waals surface area contributed by atoms with Gasteiger partial charge in [-0.25, -0.2) is 9.48 Å². The van der Waals surface area contributed by atoms with Gasteiger partial charge >= 0.3 is 5.97 Å². The third-order valence-corrected chi connectivity index (χ3v) is 10.4. The fourth-order valence-corrected chi connectivity index (χ4v) is 8.70. The summed E-state index contributed by atoms with van der Waals surface area (Å²) in [4.78, 5) is 24.4. The fourth-order valence-electron chi connectivity index (χ4n) is 8.70. The highest BCUT2D eigenvalue weighted by Gasteiger charge is 2.61. The minimum atomic E-state index is -1.12. The lowest BCUT2D eigenvalue weighted by atomic mass is 9.44. The molecule has 4 fully saturated rings. The average Bonchev–Trinajstić information content (AvgIpc) is 3.32. The van der Waals surface area contributed by atoms with E-state index >= 15 is 0 Å². The summed E-state index contributed by atoms with van der Waals surface area (Å²) in [5.41, 5.74) is -0.280. The summed E-state index contributed by atoms with van der Waals surface area (Å²) >= 11 is 0. The van der Waals surface area contributed by atoms with Crippen molar-refractivity contribution in [2.24, 2.45) is 40.4 Å². The number of aromatic carboxylic acids is 1. The van der Waals surface area contributed by atoms with Crippen molar-refractivity contribution < 1.29 is 19.8 Å². The lowest BCUT2D eigenvalue weighted by Crippen LogP contribution is -2.55. The zero-order valence-corrected chi connectivity index (χ0v) is 19.6. The van der Waals surface area contributed by atoms with Crippen LogP contribution in [0.5, 0.6) is 0 Å². The Balaban J connectivity index is 1.32. The van der Waals surface area contributed by atoms with Gasteiger partial charge in [0.05, 0.1) is 11.8 Å². The number of ketones is 1. The summed E-state index contributed by atoms with van der Waals surface area (Å²) in [6, 6.07) is 0. The molecular weight excluding hydrogens is 406 g/mol. The summed E-state index contributed by atoms with van der Waals surface area (Å²) in [5.74, 6) is 1.65. The molecule has 4 aliphatic rings. The first-order valence-electron chi connectivity index (χ1n) is 12.4. The van der Waals surface area contributed by atoms with E-state index < -0.39 is 11.6 Å². The molecule has 7 nitrogen and oxygen atoms in total. The number of carbonyl (C=O) groups excluding carboxylic acids is 1. The van der Waals surface area contributed by atoms with Gasteiger partial charge in [-0.3, -0.25) is 4.79 Å². The van der Waals surface area contributed by atoms with E-state index in [4.69, 9.17) is 5.11 Å². The van der Waals surface area contributed by atoms with E-state index in [1.54, 1.807) is 0 Å². The van der Waals surface area contributed by atoms with Crippen LogP contribution in [0.4, 0.5) is 0 Å². The SMILES string of the molecule is C[C@@]1(O)CC[C@@]2(C)[C@@H](CC[C@@H]3[C@@H]2CC[C@]2(C)[C@@H](C(=O)Cn4cc(C(=O)O)nn4)CC[C@@H]32)C1. The molecule has 0 radical (unpaired) electrons. The highest BCUT2D eigenvalue weighted by Crippen LogP contribution is 2.68. The number of rotatable bonds is 4. The minimum absolute atomic E-state index is 0.0172. The second kappa shape index (κ2) is 7.37. The van der Waals surface area contributed by atoms with E-state index in [9.17, 15) is 14.7 Å². The predicted molar refractivity (Wildman–Crippen MR) is 118 cm³/mol. The number of hydrogen-bond acceptors (Lipinski definition) is 5. The minimum Gasteiger partial charge on any atom is -0.476 e. The summed E-state index contributed by atoms with van der Waals surface area (Å²) in [7, 11) is 0. The molecule has 32 heavy (non-hydrogen) atoms. The van der Waals surface area contributed by atoms with Crippen molar-refractivity contribution in [2.75, 3.05) is 0 Å². The number of carboxylic acids is 1. The predicted octanol–water partition coefficient (Wildman–Crippen LogP) is 3.96. The number of fused-ring (bicyclic) bond motifs is 5. The molecule has 7 heteroatoms. The van der Waals surface area contributed by atoms with Crippen molar-refractivity contribution in [3.63, 3.8) is 0 Å². The smallest absolute Gasteiger partial charge is 0.358 e. The van der Waals surface area contributed by atoms with E-state index in [2.05, 4.69) is 24.2 Å². The highest BCUT2D eigenvalue weighted by atomic mass is 16.4. The first-order chi connectivity index (χ1) is 15.0. The van der Waals surface area contributed by atoms with Crippen LogP contribution in [0.25, 0.3) is 0 Å². The van der Waals surface area contributed by atoms with Gasteiger partial charge in [-0.1, -0.05) is 19.1 Å². The molecule has 4 aliphatic carbocycles. The Morgan fingerprint density at radius 3 is 2.50 bits per heavy atom. The number of hydrogen-bond donors (Lipinski definition) is 2. The van der Waals surface area contributed by atoms with Crippen LogP contribution in [0, 0.1) is 40.4 Å². The second-order valence-electron chi connectivity index (χ2n) is 12.1. The molecule has 176 valence electrons. The normalized spacial score (nSPS) is 45.6. The Labute approximate surface area is 190 Å². The maximum absolute atomic E-state index is 13.3. The fraction of sp³-hybridized carbons (Fsp3) is 0.840. The van der Waals surface area contributed by atoms with Gasteiger partial charge in [0.25, 0.3) is 0 Å². The van der Waals surface area contributed by atoms with E-state index in [0.29, 0.717) is 29.1 Å². The summed E-state index contributed by atoms with van der Waals surface area (Å²) < 4.78 is 1.38. The van der Waals surface area contributed by atoms with Gasteiger partial charge < -0.3 is 10.2 Å². The Hall–Kier alpha value is -1.76.